The van der Waals surface area contributed by atoms with E-state index in [1.807, 2.05) is 0 Å². The zero-order chi connectivity index (χ0) is 14.1. The summed E-state index contributed by atoms with van der Waals surface area (Å²) in [7, 11) is 0. The van der Waals surface area contributed by atoms with Gasteiger partial charge in [-0.2, -0.15) is 18.3 Å². The zero-order valence-electron chi connectivity index (χ0n) is 10.3. The molecule has 0 radical (unpaired) electrons. The molecule has 2 rings (SSSR count). The Hall–Kier alpha value is -1.76. The average Bonchev–Trinajstić information content (AvgIpc) is 2.80. The minimum Gasteiger partial charge on any atom is -0.399 e. The standard InChI is InChI=1S/C12H14F3N3O/c1-2-19-11(12(13,14)15)4-8(3-10(16)5-11)9-6-17-18-7-9/h3,5-7H,2,4,16H2,1H3,(H,17,18). The minimum atomic E-state index is -4.53. The summed E-state index contributed by atoms with van der Waals surface area (Å²) in [5.41, 5.74) is 4.29. The number of allylic oxidation sites excluding steroid dienone is 1. The molecule has 1 atom stereocenters. The van der Waals surface area contributed by atoms with Gasteiger partial charge in [0.25, 0.3) is 0 Å². The highest BCUT2D eigenvalue weighted by molar-refractivity contribution is 5.70. The number of nitrogens with one attached hydrogen (secondary N) is 1. The predicted octanol–water partition coefficient (Wildman–Crippen LogP) is 2.38. The van der Waals surface area contributed by atoms with Gasteiger partial charge in [-0.25, -0.2) is 0 Å². The van der Waals surface area contributed by atoms with Crippen molar-refractivity contribution in [3.05, 3.63) is 35.8 Å². The zero-order valence-corrected chi connectivity index (χ0v) is 10.3. The van der Waals surface area contributed by atoms with Gasteiger partial charge < -0.3 is 10.5 Å². The van der Waals surface area contributed by atoms with Crippen LogP contribution in [0.4, 0.5) is 13.2 Å². The van der Waals surface area contributed by atoms with E-state index in [1.165, 1.54) is 25.4 Å². The maximum absolute atomic E-state index is 13.3. The first-order valence-corrected chi connectivity index (χ1v) is 5.77. The van der Waals surface area contributed by atoms with Crippen LogP contribution in [-0.4, -0.2) is 28.6 Å². The van der Waals surface area contributed by atoms with E-state index in [9.17, 15) is 13.2 Å². The number of nitrogens with zero attached hydrogens (tertiary/aromatic N) is 1. The normalized spacial score (nSPS) is 24.0. The third-order valence-electron chi connectivity index (χ3n) is 2.94. The van der Waals surface area contributed by atoms with Crippen LogP contribution in [0.3, 0.4) is 0 Å². The van der Waals surface area contributed by atoms with Crippen LogP contribution in [0.2, 0.25) is 0 Å². The summed E-state index contributed by atoms with van der Waals surface area (Å²) in [6.45, 7) is 1.47. The Kier molecular flexibility index (Phi) is 3.40. The van der Waals surface area contributed by atoms with Crippen LogP contribution in [0.5, 0.6) is 0 Å². The summed E-state index contributed by atoms with van der Waals surface area (Å²) in [6, 6.07) is 0. The van der Waals surface area contributed by atoms with Gasteiger partial charge in [0.1, 0.15) is 0 Å². The first kappa shape index (κ1) is 13.7. The molecule has 1 aromatic rings. The van der Waals surface area contributed by atoms with E-state index in [2.05, 4.69) is 10.2 Å². The number of alkyl halides is 3. The summed E-state index contributed by atoms with van der Waals surface area (Å²) in [5.74, 6) is 0. The molecule has 0 aliphatic heterocycles. The second kappa shape index (κ2) is 4.73. The lowest BCUT2D eigenvalue weighted by Crippen LogP contribution is -2.47. The summed E-state index contributed by atoms with van der Waals surface area (Å²) < 4.78 is 44.9. The number of ether oxygens (including phenoxy) is 1. The predicted molar refractivity (Wildman–Crippen MR) is 63.9 cm³/mol. The molecule has 0 bridgehead atoms. The van der Waals surface area contributed by atoms with Crippen molar-refractivity contribution in [1.29, 1.82) is 0 Å². The molecule has 0 saturated carbocycles. The fourth-order valence-electron chi connectivity index (χ4n) is 2.12. The molecule has 0 spiro atoms. The average molecular weight is 273 g/mol. The van der Waals surface area contributed by atoms with Crippen LogP contribution in [0, 0.1) is 0 Å². The maximum atomic E-state index is 13.3. The fraction of sp³-hybridized carbons (Fsp3) is 0.417. The van der Waals surface area contributed by atoms with Gasteiger partial charge in [-0.15, -0.1) is 0 Å². The van der Waals surface area contributed by atoms with Crippen molar-refractivity contribution in [2.24, 2.45) is 5.73 Å². The highest BCUT2D eigenvalue weighted by Gasteiger charge is 2.55. The van der Waals surface area contributed by atoms with E-state index in [4.69, 9.17) is 10.5 Å². The van der Waals surface area contributed by atoms with Crippen LogP contribution in [0.15, 0.2) is 30.2 Å². The van der Waals surface area contributed by atoms with Crippen LogP contribution < -0.4 is 5.73 Å². The fourth-order valence-corrected chi connectivity index (χ4v) is 2.12. The lowest BCUT2D eigenvalue weighted by atomic mass is 9.85. The van der Waals surface area contributed by atoms with Crippen LogP contribution in [0.25, 0.3) is 5.57 Å². The quantitative estimate of drug-likeness (QED) is 0.888. The molecule has 0 aromatic carbocycles. The number of H-pyrrole nitrogens is 1. The minimum absolute atomic E-state index is 0.0354. The Bertz CT molecular complexity index is 505. The van der Waals surface area contributed by atoms with E-state index in [0.29, 0.717) is 11.1 Å². The second-order valence-electron chi connectivity index (χ2n) is 4.30. The van der Waals surface area contributed by atoms with Gasteiger partial charge >= 0.3 is 6.18 Å². The van der Waals surface area contributed by atoms with Crippen molar-refractivity contribution < 1.29 is 17.9 Å². The number of rotatable bonds is 3. The molecule has 1 unspecified atom stereocenters. The summed E-state index contributed by atoms with van der Waals surface area (Å²) >= 11 is 0. The maximum Gasteiger partial charge on any atom is 0.421 e. The molecule has 104 valence electrons. The van der Waals surface area contributed by atoms with E-state index >= 15 is 0 Å². The molecule has 7 heteroatoms. The molecular weight excluding hydrogens is 259 g/mol. The molecule has 19 heavy (non-hydrogen) atoms. The molecule has 0 amide bonds. The van der Waals surface area contributed by atoms with Crippen molar-refractivity contribution in [3.8, 4) is 0 Å². The smallest absolute Gasteiger partial charge is 0.399 e. The Morgan fingerprint density at radius 3 is 2.79 bits per heavy atom. The van der Waals surface area contributed by atoms with Crippen LogP contribution >= 0.6 is 0 Å². The molecule has 3 N–H and O–H groups in total. The first-order chi connectivity index (χ1) is 8.88. The molecular formula is C12H14F3N3O. The third-order valence-corrected chi connectivity index (χ3v) is 2.94. The summed E-state index contributed by atoms with van der Waals surface area (Å²) in [6.07, 6.45) is 0.574. The summed E-state index contributed by atoms with van der Waals surface area (Å²) in [4.78, 5) is 0. The Morgan fingerprint density at radius 2 is 2.26 bits per heavy atom. The largest absolute Gasteiger partial charge is 0.421 e. The van der Waals surface area contributed by atoms with Gasteiger partial charge in [-0.05, 0) is 24.6 Å². The van der Waals surface area contributed by atoms with Crippen LogP contribution in [0.1, 0.15) is 18.9 Å². The van der Waals surface area contributed by atoms with Gasteiger partial charge in [0.05, 0.1) is 6.20 Å². The third kappa shape index (κ3) is 2.51. The van der Waals surface area contributed by atoms with E-state index < -0.39 is 11.8 Å². The number of aromatic amines is 1. The number of hydrogen-bond acceptors (Lipinski definition) is 3. The Morgan fingerprint density at radius 1 is 1.53 bits per heavy atom. The molecule has 1 aromatic heterocycles. The van der Waals surface area contributed by atoms with E-state index in [1.54, 1.807) is 0 Å². The molecule has 0 saturated heterocycles. The van der Waals surface area contributed by atoms with Gasteiger partial charge in [-0.3, -0.25) is 5.10 Å². The first-order valence-electron chi connectivity index (χ1n) is 5.77. The Balaban J connectivity index is 2.42. The molecule has 4 nitrogen and oxygen atoms in total. The second-order valence-corrected chi connectivity index (χ2v) is 4.30. The van der Waals surface area contributed by atoms with E-state index in [-0.39, 0.29) is 18.7 Å². The van der Waals surface area contributed by atoms with Gasteiger partial charge in [0, 0.05) is 30.5 Å². The van der Waals surface area contributed by atoms with Crippen LogP contribution in [-0.2, 0) is 4.74 Å². The van der Waals surface area contributed by atoms with Crippen molar-refractivity contribution >= 4 is 5.57 Å². The number of hydrogen-bond donors (Lipinski definition) is 2. The van der Waals surface area contributed by atoms with Gasteiger partial charge in [-0.1, -0.05) is 0 Å². The summed E-state index contributed by atoms with van der Waals surface area (Å²) in [5, 5.41) is 6.30. The highest BCUT2D eigenvalue weighted by Crippen LogP contribution is 2.44. The number of aromatic nitrogens is 2. The van der Waals surface area contributed by atoms with Crippen molar-refractivity contribution in [2.45, 2.75) is 25.1 Å². The molecule has 0 fully saturated rings. The van der Waals surface area contributed by atoms with E-state index in [0.717, 1.165) is 6.08 Å². The molecule has 1 aliphatic rings. The van der Waals surface area contributed by atoms with Crippen molar-refractivity contribution in [3.63, 3.8) is 0 Å². The molecule has 1 aliphatic carbocycles. The number of nitrogens with two attached hydrogens (primary N) is 1. The number of halogens is 3. The van der Waals surface area contributed by atoms with Crippen molar-refractivity contribution in [1.82, 2.24) is 10.2 Å². The monoisotopic (exact) mass is 273 g/mol. The lowest BCUT2D eigenvalue weighted by molar-refractivity contribution is -0.254. The lowest BCUT2D eigenvalue weighted by Gasteiger charge is -2.35. The SMILES string of the molecule is CCOC1(C(F)(F)F)C=C(N)C=C(c2cn[nH]c2)C1. The molecule has 1 heterocycles. The highest BCUT2D eigenvalue weighted by atomic mass is 19.4. The topological polar surface area (TPSA) is 63.9 Å². The van der Waals surface area contributed by atoms with Gasteiger partial charge in [0.15, 0.2) is 5.60 Å². The Labute approximate surface area is 108 Å². The van der Waals surface area contributed by atoms with Gasteiger partial charge in [0.2, 0.25) is 0 Å². The van der Waals surface area contributed by atoms with Crippen molar-refractivity contribution in [2.75, 3.05) is 6.61 Å².